The van der Waals surface area contributed by atoms with Crippen molar-refractivity contribution < 1.29 is 9.85 Å². The van der Waals surface area contributed by atoms with E-state index in [2.05, 4.69) is 4.90 Å². The molecular weight excluding hydrogens is 286 g/mol. The van der Waals surface area contributed by atoms with Crippen LogP contribution in [0.25, 0.3) is 0 Å². The fraction of sp³-hybridized carbons (Fsp3) is 0.200. The van der Waals surface area contributed by atoms with Gasteiger partial charge in [-0.05, 0) is 29.7 Å². The third-order valence-corrected chi connectivity index (χ3v) is 3.84. The van der Waals surface area contributed by atoms with Crippen LogP contribution in [0.4, 0.5) is 17.1 Å². The Morgan fingerprint density at radius 1 is 0.864 bits per heavy atom. The summed E-state index contributed by atoms with van der Waals surface area (Å²) >= 11 is 0. The highest BCUT2D eigenvalue weighted by atomic mass is 16.6. The molecule has 3 rings (SSSR count). The quantitative estimate of drug-likeness (QED) is 0.641. The monoisotopic (exact) mass is 299 g/mol. The number of anilines is 1. The number of hydrogen-bond acceptors (Lipinski definition) is 5. The molecule has 0 aromatic heterocycles. The van der Waals surface area contributed by atoms with Gasteiger partial charge in [0.05, 0.1) is 9.85 Å². The highest BCUT2D eigenvalue weighted by Gasteiger charge is 2.19. The molecule has 0 radical (unpaired) electrons. The minimum absolute atomic E-state index is 0.0526. The van der Waals surface area contributed by atoms with Crippen molar-refractivity contribution in [2.75, 3.05) is 11.4 Å². The van der Waals surface area contributed by atoms with Crippen LogP contribution in [0.2, 0.25) is 0 Å². The zero-order valence-electron chi connectivity index (χ0n) is 11.6. The number of non-ortho nitro benzene ring substituents is 2. The molecule has 1 aliphatic heterocycles. The SMILES string of the molecule is O=[N+]([O-])c1ccc(N2CCc3ccc([N+](=O)[O-])cc3C2)cc1. The van der Waals surface area contributed by atoms with Gasteiger partial charge in [0.15, 0.2) is 0 Å². The van der Waals surface area contributed by atoms with Gasteiger partial charge >= 0.3 is 0 Å². The second kappa shape index (κ2) is 5.44. The van der Waals surface area contributed by atoms with Gasteiger partial charge in [-0.2, -0.15) is 0 Å². The van der Waals surface area contributed by atoms with Gasteiger partial charge in [0.25, 0.3) is 11.4 Å². The summed E-state index contributed by atoms with van der Waals surface area (Å²) in [6.45, 7) is 1.34. The zero-order valence-corrected chi connectivity index (χ0v) is 11.6. The van der Waals surface area contributed by atoms with E-state index in [1.165, 1.54) is 18.2 Å². The molecule has 0 spiro atoms. The molecule has 0 fully saturated rings. The summed E-state index contributed by atoms with van der Waals surface area (Å²) < 4.78 is 0. The second-order valence-electron chi connectivity index (χ2n) is 5.16. The van der Waals surface area contributed by atoms with Crippen LogP contribution in [-0.2, 0) is 13.0 Å². The van der Waals surface area contributed by atoms with Crippen molar-refractivity contribution in [1.29, 1.82) is 0 Å². The first-order valence-corrected chi connectivity index (χ1v) is 6.80. The Kier molecular flexibility index (Phi) is 3.46. The topological polar surface area (TPSA) is 89.5 Å². The van der Waals surface area contributed by atoms with Crippen LogP contribution < -0.4 is 4.90 Å². The summed E-state index contributed by atoms with van der Waals surface area (Å²) in [5.74, 6) is 0. The highest BCUT2D eigenvalue weighted by Crippen LogP contribution is 2.28. The van der Waals surface area contributed by atoms with Crippen LogP contribution >= 0.6 is 0 Å². The Hall–Kier alpha value is -2.96. The smallest absolute Gasteiger partial charge is 0.269 e. The Labute approximate surface area is 126 Å². The van der Waals surface area contributed by atoms with Gasteiger partial charge in [-0.1, -0.05) is 6.07 Å². The molecule has 2 aromatic rings. The normalized spacial score (nSPS) is 13.5. The van der Waals surface area contributed by atoms with E-state index in [1.54, 1.807) is 24.3 Å². The van der Waals surface area contributed by atoms with Crippen molar-refractivity contribution in [2.45, 2.75) is 13.0 Å². The Morgan fingerprint density at radius 2 is 1.50 bits per heavy atom. The van der Waals surface area contributed by atoms with E-state index >= 15 is 0 Å². The molecule has 0 amide bonds. The van der Waals surface area contributed by atoms with E-state index in [0.717, 1.165) is 29.8 Å². The van der Waals surface area contributed by atoms with Gasteiger partial charge in [0.1, 0.15) is 0 Å². The van der Waals surface area contributed by atoms with Gasteiger partial charge in [0.2, 0.25) is 0 Å². The Morgan fingerprint density at radius 3 is 2.14 bits per heavy atom. The van der Waals surface area contributed by atoms with E-state index in [-0.39, 0.29) is 11.4 Å². The van der Waals surface area contributed by atoms with E-state index in [9.17, 15) is 20.2 Å². The molecule has 1 heterocycles. The first kappa shape index (κ1) is 14.0. The number of hydrogen-bond donors (Lipinski definition) is 0. The lowest BCUT2D eigenvalue weighted by atomic mass is 9.98. The average molecular weight is 299 g/mol. The third-order valence-electron chi connectivity index (χ3n) is 3.84. The summed E-state index contributed by atoms with van der Waals surface area (Å²) in [6.07, 6.45) is 0.796. The molecule has 0 saturated carbocycles. The van der Waals surface area contributed by atoms with Gasteiger partial charge in [-0.3, -0.25) is 20.2 Å². The van der Waals surface area contributed by atoms with Crippen LogP contribution in [0, 0.1) is 20.2 Å². The minimum atomic E-state index is -0.432. The molecule has 7 heteroatoms. The van der Waals surface area contributed by atoms with Crippen LogP contribution in [0.1, 0.15) is 11.1 Å². The number of nitrogens with zero attached hydrogens (tertiary/aromatic N) is 3. The van der Waals surface area contributed by atoms with E-state index < -0.39 is 9.85 Å². The van der Waals surface area contributed by atoms with Crippen molar-refractivity contribution in [3.63, 3.8) is 0 Å². The predicted octanol–water partition coefficient (Wildman–Crippen LogP) is 3.07. The zero-order chi connectivity index (χ0) is 15.7. The number of nitro groups is 2. The second-order valence-corrected chi connectivity index (χ2v) is 5.16. The van der Waals surface area contributed by atoms with Crippen molar-refractivity contribution in [1.82, 2.24) is 0 Å². The fourth-order valence-electron chi connectivity index (χ4n) is 2.66. The van der Waals surface area contributed by atoms with Crippen molar-refractivity contribution >= 4 is 17.1 Å². The first-order chi connectivity index (χ1) is 10.5. The molecule has 2 aromatic carbocycles. The Balaban J connectivity index is 1.85. The molecule has 0 saturated heterocycles. The summed E-state index contributed by atoms with van der Waals surface area (Å²) in [5, 5.41) is 21.5. The number of rotatable bonds is 3. The van der Waals surface area contributed by atoms with E-state index in [4.69, 9.17) is 0 Å². The van der Waals surface area contributed by atoms with Crippen molar-refractivity contribution in [3.05, 3.63) is 73.8 Å². The molecule has 0 aliphatic carbocycles. The number of nitro benzene ring substituents is 2. The fourth-order valence-corrected chi connectivity index (χ4v) is 2.66. The van der Waals surface area contributed by atoms with Crippen LogP contribution in [0.15, 0.2) is 42.5 Å². The molecule has 1 aliphatic rings. The average Bonchev–Trinajstić information content (AvgIpc) is 2.53. The van der Waals surface area contributed by atoms with Crippen LogP contribution in [-0.4, -0.2) is 16.4 Å². The molecule has 22 heavy (non-hydrogen) atoms. The molecule has 0 atom stereocenters. The number of benzene rings is 2. The van der Waals surface area contributed by atoms with E-state index in [1.807, 2.05) is 0 Å². The lowest BCUT2D eigenvalue weighted by Gasteiger charge is -2.30. The van der Waals surface area contributed by atoms with Crippen LogP contribution in [0.3, 0.4) is 0 Å². The highest BCUT2D eigenvalue weighted by molar-refractivity contribution is 5.54. The molecule has 0 N–H and O–H groups in total. The van der Waals surface area contributed by atoms with Crippen molar-refractivity contribution in [2.24, 2.45) is 0 Å². The van der Waals surface area contributed by atoms with Crippen LogP contribution in [0.5, 0.6) is 0 Å². The van der Waals surface area contributed by atoms with Crippen molar-refractivity contribution in [3.8, 4) is 0 Å². The van der Waals surface area contributed by atoms with Gasteiger partial charge < -0.3 is 4.90 Å². The maximum absolute atomic E-state index is 10.9. The summed E-state index contributed by atoms with van der Waals surface area (Å²) in [4.78, 5) is 22.8. The van der Waals surface area contributed by atoms with Gasteiger partial charge in [-0.15, -0.1) is 0 Å². The molecule has 7 nitrogen and oxygen atoms in total. The first-order valence-electron chi connectivity index (χ1n) is 6.80. The lowest BCUT2D eigenvalue weighted by molar-refractivity contribution is -0.385. The summed E-state index contributed by atoms with van der Waals surface area (Å²) in [6, 6.07) is 11.3. The molecular formula is C15H13N3O4. The Bertz CT molecular complexity index is 743. The largest absolute Gasteiger partial charge is 0.367 e. The standard InChI is InChI=1S/C15H13N3O4/c19-17(20)14-5-3-13(4-6-14)16-8-7-11-1-2-15(18(21)22)9-12(11)10-16/h1-6,9H,7-8,10H2. The molecule has 0 bridgehead atoms. The molecule has 0 unspecified atom stereocenters. The van der Waals surface area contributed by atoms with Gasteiger partial charge in [-0.25, -0.2) is 0 Å². The lowest BCUT2D eigenvalue weighted by Crippen LogP contribution is -2.30. The van der Waals surface area contributed by atoms with Gasteiger partial charge in [0, 0.05) is 43.0 Å². The van der Waals surface area contributed by atoms with E-state index in [0.29, 0.717) is 6.54 Å². The maximum atomic E-state index is 10.9. The minimum Gasteiger partial charge on any atom is -0.367 e. The predicted molar refractivity (Wildman–Crippen MR) is 80.9 cm³/mol. The maximum Gasteiger partial charge on any atom is 0.269 e. The summed E-state index contributed by atoms with van der Waals surface area (Å²) in [5.41, 5.74) is 3.06. The third kappa shape index (κ3) is 2.60. The molecule has 112 valence electrons. The number of fused-ring (bicyclic) bond motifs is 1. The summed E-state index contributed by atoms with van der Waals surface area (Å²) in [7, 11) is 0.